The summed E-state index contributed by atoms with van der Waals surface area (Å²) in [7, 11) is 0. The van der Waals surface area contributed by atoms with Gasteiger partial charge in [0.2, 0.25) is 0 Å². The van der Waals surface area contributed by atoms with Crippen LogP contribution in [0.15, 0.2) is 0 Å². The number of rotatable bonds is 3. The van der Waals surface area contributed by atoms with Crippen LogP contribution in [0.3, 0.4) is 0 Å². The molecule has 100 valence electrons. The van der Waals surface area contributed by atoms with Gasteiger partial charge in [0.05, 0.1) is 6.61 Å². The highest BCUT2D eigenvalue weighted by atomic mass is 16.5. The molecule has 2 rings (SSSR count). The molecule has 0 amide bonds. The Labute approximate surface area is 106 Å². The summed E-state index contributed by atoms with van der Waals surface area (Å²) in [5.74, 6) is 1.63. The fourth-order valence-corrected chi connectivity index (χ4v) is 3.28. The van der Waals surface area contributed by atoms with E-state index in [9.17, 15) is 0 Å². The van der Waals surface area contributed by atoms with Crippen molar-refractivity contribution < 1.29 is 4.74 Å². The summed E-state index contributed by atoms with van der Waals surface area (Å²) < 4.78 is 5.51. The molecule has 1 saturated heterocycles. The molecule has 0 bridgehead atoms. The van der Waals surface area contributed by atoms with Gasteiger partial charge >= 0.3 is 0 Å². The Morgan fingerprint density at radius 2 is 2.12 bits per heavy atom. The summed E-state index contributed by atoms with van der Waals surface area (Å²) in [6.45, 7) is 7.64. The van der Waals surface area contributed by atoms with Gasteiger partial charge in [-0.05, 0) is 37.5 Å². The molecule has 1 aliphatic heterocycles. The quantitative estimate of drug-likeness (QED) is 0.818. The fraction of sp³-hybridized carbons (Fsp3) is 1.00. The molecule has 0 aromatic rings. The Morgan fingerprint density at radius 1 is 1.24 bits per heavy atom. The van der Waals surface area contributed by atoms with Crippen LogP contribution < -0.4 is 5.73 Å². The van der Waals surface area contributed by atoms with Gasteiger partial charge in [-0.3, -0.25) is 0 Å². The zero-order valence-electron chi connectivity index (χ0n) is 11.2. The van der Waals surface area contributed by atoms with E-state index in [1.807, 2.05) is 0 Å². The van der Waals surface area contributed by atoms with Crippen LogP contribution in [0.2, 0.25) is 0 Å². The van der Waals surface area contributed by atoms with Gasteiger partial charge in [-0.25, -0.2) is 0 Å². The zero-order chi connectivity index (χ0) is 12.1. The van der Waals surface area contributed by atoms with E-state index in [4.69, 9.17) is 10.5 Å². The molecule has 3 nitrogen and oxygen atoms in total. The smallest absolute Gasteiger partial charge is 0.0593 e. The largest absolute Gasteiger partial charge is 0.380 e. The minimum Gasteiger partial charge on any atom is -0.380 e. The SMILES string of the molecule is CCC1CCC(N)C(CN2CCCOCC2)C1. The van der Waals surface area contributed by atoms with Crippen molar-refractivity contribution in [1.29, 1.82) is 0 Å². The average molecular weight is 240 g/mol. The number of nitrogens with zero attached hydrogens (tertiary/aromatic N) is 1. The predicted octanol–water partition coefficient (Wildman–Crippen LogP) is 1.86. The summed E-state index contributed by atoms with van der Waals surface area (Å²) in [5, 5.41) is 0. The lowest BCUT2D eigenvalue weighted by molar-refractivity contribution is 0.126. The second-order valence-electron chi connectivity index (χ2n) is 5.78. The topological polar surface area (TPSA) is 38.5 Å². The lowest BCUT2D eigenvalue weighted by Gasteiger charge is -2.36. The maximum Gasteiger partial charge on any atom is 0.0593 e. The Hall–Kier alpha value is -0.120. The van der Waals surface area contributed by atoms with E-state index >= 15 is 0 Å². The van der Waals surface area contributed by atoms with Crippen molar-refractivity contribution in [2.24, 2.45) is 17.6 Å². The maximum atomic E-state index is 6.29. The summed E-state index contributed by atoms with van der Waals surface area (Å²) >= 11 is 0. The van der Waals surface area contributed by atoms with E-state index in [1.54, 1.807) is 0 Å². The van der Waals surface area contributed by atoms with Crippen molar-refractivity contribution in [2.45, 2.75) is 45.1 Å². The van der Waals surface area contributed by atoms with Crippen LogP contribution in [0.1, 0.15) is 39.0 Å². The first kappa shape index (κ1) is 13.3. The Balaban J connectivity index is 1.82. The number of hydrogen-bond donors (Lipinski definition) is 1. The number of ether oxygens (including phenoxy) is 1. The molecule has 0 spiro atoms. The number of nitrogens with two attached hydrogens (primary N) is 1. The molecule has 0 aromatic heterocycles. The molecular formula is C14H28N2O. The fourth-order valence-electron chi connectivity index (χ4n) is 3.28. The van der Waals surface area contributed by atoms with Crippen molar-refractivity contribution in [3.8, 4) is 0 Å². The van der Waals surface area contributed by atoms with E-state index in [0.29, 0.717) is 12.0 Å². The third kappa shape index (κ3) is 3.94. The van der Waals surface area contributed by atoms with E-state index < -0.39 is 0 Å². The number of hydrogen-bond acceptors (Lipinski definition) is 3. The van der Waals surface area contributed by atoms with E-state index in [1.165, 1.54) is 45.2 Å². The Morgan fingerprint density at radius 3 is 2.94 bits per heavy atom. The molecule has 3 atom stereocenters. The van der Waals surface area contributed by atoms with Crippen molar-refractivity contribution in [3.05, 3.63) is 0 Å². The molecule has 3 heteroatoms. The van der Waals surface area contributed by atoms with Crippen LogP contribution in [0.5, 0.6) is 0 Å². The molecule has 0 radical (unpaired) electrons. The van der Waals surface area contributed by atoms with Gasteiger partial charge in [0.15, 0.2) is 0 Å². The van der Waals surface area contributed by atoms with E-state index in [-0.39, 0.29) is 0 Å². The van der Waals surface area contributed by atoms with Gasteiger partial charge in [0.1, 0.15) is 0 Å². The summed E-state index contributed by atoms with van der Waals surface area (Å²) in [6, 6.07) is 0.432. The highest BCUT2D eigenvalue weighted by Crippen LogP contribution is 2.31. The first-order valence-corrected chi connectivity index (χ1v) is 7.35. The zero-order valence-corrected chi connectivity index (χ0v) is 11.2. The molecular weight excluding hydrogens is 212 g/mol. The van der Waals surface area contributed by atoms with Crippen LogP contribution in [-0.2, 0) is 4.74 Å². The van der Waals surface area contributed by atoms with Crippen molar-refractivity contribution in [3.63, 3.8) is 0 Å². The van der Waals surface area contributed by atoms with Crippen molar-refractivity contribution in [1.82, 2.24) is 4.90 Å². The van der Waals surface area contributed by atoms with Gasteiger partial charge in [-0.2, -0.15) is 0 Å². The predicted molar refractivity (Wildman–Crippen MR) is 71.0 cm³/mol. The second kappa shape index (κ2) is 6.72. The van der Waals surface area contributed by atoms with Crippen molar-refractivity contribution in [2.75, 3.05) is 32.8 Å². The summed E-state index contributed by atoms with van der Waals surface area (Å²) in [6.07, 6.45) is 6.42. The lowest BCUT2D eigenvalue weighted by atomic mass is 9.77. The molecule has 17 heavy (non-hydrogen) atoms. The monoisotopic (exact) mass is 240 g/mol. The average Bonchev–Trinajstić information content (AvgIpc) is 2.60. The minimum absolute atomic E-state index is 0.432. The molecule has 2 fully saturated rings. The van der Waals surface area contributed by atoms with Gasteiger partial charge in [-0.1, -0.05) is 13.3 Å². The van der Waals surface area contributed by atoms with E-state index in [0.717, 1.165) is 25.7 Å². The van der Waals surface area contributed by atoms with Gasteiger partial charge in [0.25, 0.3) is 0 Å². The standard InChI is InChI=1S/C14H28N2O/c1-2-12-4-5-14(15)13(10-12)11-16-6-3-8-17-9-7-16/h12-14H,2-11,15H2,1H3. The van der Waals surface area contributed by atoms with Crippen LogP contribution >= 0.6 is 0 Å². The Bertz CT molecular complexity index is 214. The molecule has 2 aliphatic rings. The van der Waals surface area contributed by atoms with Gasteiger partial charge in [0, 0.05) is 32.3 Å². The first-order chi connectivity index (χ1) is 8.29. The van der Waals surface area contributed by atoms with Gasteiger partial charge in [-0.15, -0.1) is 0 Å². The molecule has 0 aromatic carbocycles. The van der Waals surface area contributed by atoms with E-state index in [2.05, 4.69) is 11.8 Å². The van der Waals surface area contributed by atoms with Crippen molar-refractivity contribution >= 4 is 0 Å². The molecule has 1 heterocycles. The highest BCUT2D eigenvalue weighted by molar-refractivity contribution is 4.84. The van der Waals surface area contributed by atoms with Crippen LogP contribution in [-0.4, -0.2) is 43.8 Å². The van der Waals surface area contributed by atoms with Crippen LogP contribution in [0.4, 0.5) is 0 Å². The first-order valence-electron chi connectivity index (χ1n) is 7.35. The van der Waals surface area contributed by atoms with Crippen LogP contribution in [0.25, 0.3) is 0 Å². The third-order valence-electron chi connectivity index (χ3n) is 4.53. The maximum absolute atomic E-state index is 6.29. The summed E-state index contributed by atoms with van der Waals surface area (Å²) in [5.41, 5.74) is 6.29. The summed E-state index contributed by atoms with van der Waals surface area (Å²) in [4.78, 5) is 2.57. The molecule has 2 N–H and O–H groups in total. The minimum atomic E-state index is 0.432. The lowest BCUT2D eigenvalue weighted by Crippen LogP contribution is -2.43. The third-order valence-corrected chi connectivity index (χ3v) is 4.53. The second-order valence-corrected chi connectivity index (χ2v) is 5.78. The highest BCUT2D eigenvalue weighted by Gasteiger charge is 2.28. The van der Waals surface area contributed by atoms with Gasteiger partial charge < -0.3 is 15.4 Å². The Kier molecular flexibility index (Phi) is 5.26. The van der Waals surface area contributed by atoms with Crippen LogP contribution in [0, 0.1) is 11.8 Å². The molecule has 1 saturated carbocycles. The normalized spacial score (nSPS) is 36.7. The molecule has 1 aliphatic carbocycles. The molecule has 3 unspecified atom stereocenters.